The Balaban J connectivity index is 2.04. The fourth-order valence-electron chi connectivity index (χ4n) is 3.36. The fourth-order valence-corrected chi connectivity index (χ4v) is 3.87. The zero-order valence-corrected chi connectivity index (χ0v) is 14.9. The molecule has 1 aliphatic carbocycles. The molecule has 1 N–H and O–H groups in total. The Labute approximate surface area is 137 Å². The van der Waals surface area contributed by atoms with Crippen LogP contribution in [0.2, 0.25) is 0 Å². The van der Waals surface area contributed by atoms with Crippen molar-refractivity contribution in [2.24, 2.45) is 5.92 Å². The number of rotatable bonds is 6. The highest BCUT2D eigenvalue weighted by Crippen LogP contribution is 2.34. The van der Waals surface area contributed by atoms with Gasteiger partial charge >= 0.3 is 0 Å². The average Bonchev–Trinajstić information content (AvgIpc) is 2.76. The Morgan fingerprint density at radius 2 is 1.95 bits per heavy atom. The molecule has 2 nitrogen and oxygen atoms in total. The summed E-state index contributed by atoms with van der Waals surface area (Å²) in [5, 5.41) is 3.50. The first kappa shape index (κ1) is 16.8. The number of benzene rings is 1. The predicted molar refractivity (Wildman–Crippen MR) is 92.9 cm³/mol. The van der Waals surface area contributed by atoms with Crippen LogP contribution in [-0.2, 0) is 0 Å². The molecule has 0 heterocycles. The summed E-state index contributed by atoms with van der Waals surface area (Å²) < 4.78 is 6.66. The lowest BCUT2D eigenvalue weighted by Gasteiger charge is -2.23. The summed E-state index contributed by atoms with van der Waals surface area (Å²) in [6, 6.07) is 6.94. The molecule has 1 fully saturated rings. The normalized spacial score (nSPS) is 18.2. The van der Waals surface area contributed by atoms with E-state index in [-0.39, 0.29) is 0 Å². The van der Waals surface area contributed by atoms with Crippen molar-refractivity contribution in [3.8, 4) is 5.75 Å². The molecule has 3 heteroatoms. The summed E-state index contributed by atoms with van der Waals surface area (Å²) in [7, 11) is 2.08. The maximum Gasteiger partial charge on any atom is 0.133 e. The summed E-state index contributed by atoms with van der Waals surface area (Å²) in [6.45, 7) is 2.72. The fraction of sp³-hybridized carbons (Fsp3) is 0.667. The number of hydrogen-bond donors (Lipinski definition) is 1. The monoisotopic (exact) mass is 353 g/mol. The van der Waals surface area contributed by atoms with Crippen molar-refractivity contribution in [1.29, 1.82) is 0 Å². The van der Waals surface area contributed by atoms with Crippen molar-refractivity contribution in [3.63, 3.8) is 0 Å². The Morgan fingerprint density at radius 1 is 1.24 bits per heavy atom. The first-order chi connectivity index (χ1) is 10.2. The van der Waals surface area contributed by atoms with Gasteiger partial charge < -0.3 is 10.1 Å². The molecule has 0 radical (unpaired) electrons. The van der Waals surface area contributed by atoms with Crippen molar-refractivity contribution >= 4 is 15.9 Å². The van der Waals surface area contributed by atoms with Crippen LogP contribution in [0.15, 0.2) is 22.7 Å². The molecule has 2 rings (SSSR count). The summed E-state index contributed by atoms with van der Waals surface area (Å²) >= 11 is 3.63. The van der Waals surface area contributed by atoms with Gasteiger partial charge in [0.15, 0.2) is 0 Å². The Morgan fingerprint density at radius 3 is 2.52 bits per heavy atom. The largest absolute Gasteiger partial charge is 0.493 e. The highest BCUT2D eigenvalue weighted by atomic mass is 79.9. The van der Waals surface area contributed by atoms with Gasteiger partial charge in [-0.2, -0.15) is 0 Å². The zero-order valence-electron chi connectivity index (χ0n) is 13.3. The molecule has 1 aromatic rings. The molecule has 118 valence electrons. The molecule has 1 aliphatic rings. The van der Waals surface area contributed by atoms with E-state index in [1.54, 1.807) is 0 Å². The van der Waals surface area contributed by atoms with Crippen LogP contribution in [0.5, 0.6) is 5.75 Å². The molecule has 0 aliphatic heterocycles. The molecule has 1 unspecified atom stereocenters. The van der Waals surface area contributed by atoms with Gasteiger partial charge in [0.2, 0.25) is 0 Å². The molecule has 1 saturated carbocycles. The number of hydrogen-bond acceptors (Lipinski definition) is 2. The van der Waals surface area contributed by atoms with Crippen LogP contribution in [0.25, 0.3) is 0 Å². The van der Waals surface area contributed by atoms with Crippen LogP contribution in [0.1, 0.15) is 63.5 Å². The SMILES string of the molecule is CCOc1ccc(C(CC2CCCCCC2)NC)cc1Br. The Bertz CT molecular complexity index is 427. The van der Waals surface area contributed by atoms with Crippen molar-refractivity contribution < 1.29 is 4.74 Å². The highest BCUT2D eigenvalue weighted by Gasteiger charge is 2.19. The van der Waals surface area contributed by atoms with E-state index in [9.17, 15) is 0 Å². The van der Waals surface area contributed by atoms with Gasteiger partial charge in [-0.3, -0.25) is 0 Å². The van der Waals surface area contributed by atoms with Crippen LogP contribution in [0, 0.1) is 5.92 Å². The van der Waals surface area contributed by atoms with Gasteiger partial charge in [-0.1, -0.05) is 44.6 Å². The molecule has 0 aromatic heterocycles. The molecular formula is C18H28BrNO. The molecule has 0 amide bonds. The van der Waals surface area contributed by atoms with E-state index in [1.807, 2.05) is 6.92 Å². The minimum atomic E-state index is 0.445. The van der Waals surface area contributed by atoms with E-state index >= 15 is 0 Å². The van der Waals surface area contributed by atoms with Crippen LogP contribution >= 0.6 is 15.9 Å². The molecule has 0 spiro atoms. The highest BCUT2D eigenvalue weighted by molar-refractivity contribution is 9.10. The van der Waals surface area contributed by atoms with Gasteiger partial charge in [0.1, 0.15) is 5.75 Å². The van der Waals surface area contributed by atoms with Crippen molar-refractivity contribution in [2.45, 2.75) is 57.9 Å². The molecular weight excluding hydrogens is 326 g/mol. The van der Waals surface area contributed by atoms with Gasteiger partial charge in [0, 0.05) is 6.04 Å². The summed E-state index contributed by atoms with van der Waals surface area (Å²) in [5.74, 6) is 1.81. The van der Waals surface area contributed by atoms with Crippen LogP contribution < -0.4 is 10.1 Å². The average molecular weight is 354 g/mol. The minimum Gasteiger partial charge on any atom is -0.493 e. The molecule has 0 saturated heterocycles. The van der Waals surface area contributed by atoms with E-state index in [1.165, 1.54) is 50.5 Å². The quantitative estimate of drug-likeness (QED) is 0.684. The predicted octanol–water partition coefficient (Wildman–Crippen LogP) is 5.47. The smallest absolute Gasteiger partial charge is 0.133 e. The molecule has 21 heavy (non-hydrogen) atoms. The number of nitrogens with one attached hydrogen (secondary N) is 1. The summed E-state index contributed by atoms with van der Waals surface area (Å²) in [5.41, 5.74) is 1.36. The lowest BCUT2D eigenvalue weighted by atomic mass is 9.89. The zero-order chi connectivity index (χ0) is 15.1. The second-order valence-corrected chi connectivity index (χ2v) is 6.91. The second-order valence-electron chi connectivity index (χ2n) is 6.06. The van der Waals surface area contributed by atoms with Gasteiger partial charge in [-0.05, 0) is 59.9 Å². The van der Waals surface area contributed by atoms with Crippen molar-refractivity contribution in [1.82, 2.24) is 5.32 Å². The van der Waals surface area contributed by atoms with Crippen LogP contribution in [-0.4, -0.2) is 13.7 Å². The van der Waals surface area contributed by atoms with Crippen LogP contribution in [0.3, 0.4) is 0 Å². The van der Waals surface area contributed by atoms with Gasteiger partial charge in [-0.15, -0.1) is 0 Å². The Hall–Kier alpha value is -0.540. The third-order valence-corrected chi connectivity index (χ3v) is 5.17. The van der Waals surface area contributed by atoms with E-state index in [0.717, 1.165) is 16.1 Å². The van der Waals surface area contributed by atoms with Crippen LogP contribution in [0.4, 0.5) is 0 Å². The number of halogens is 1. The first-order valence-corrected chi connectivity index (χ1v) is 9.13. The second kappa shape index (κ2) is 8.79. The van der Waals surface area contributed by atoms with E-state index in [2.05, 4.69) is 46.5 Å². The van der Waals surface area contributed by atoms with E-state index < -0.39 is 0 Å². The van der Waals surface area contributed by atoms with Gasteiger partial charge in [-0.25, -0.2) is 0 Å². The number of ether oxygens (including phenoxy) is 1. The summed E-state index contributed by atoms with van der Waals surface area (Å²) in [4.78, 5) is 0. The standard InChI is InChI=1S/C18H28BrNO/c1-3-21-18-11-10-15(13-16(18)19)17(20-2)12-14-8-6-4-5-7-9-14/h10-11,13-14,17,20H,3-9,12H2,1-2H3. The molecule has 1 aromatic carbocycles. The Kier molecular flexibility index (Phi) is 7.05. The van der Waals surface area contributed by atoms with Crippen molar-refractivity contribution in [2.75, 3.05) is 13.7 Å². The lowest BCUT2D eigenvalue weighted by Crippen LogP contribution is -2.20. The molecule has 1 atom stereocenters. The van der Waals surface area contributed by atoms with Gasteiger partial charge in [0.25, 0.3) is 0 Å². The third-order valence-electron chi connectivity index (χ3n) is 4.55. The molecule has 0 bridgehead atoms. The maximum absolute atomic E-state index is 5.60. The minimum absolute atomic E-state index is 0.445. The topological polar surface area (TPSA) is 21.3 Å². The first-order valence-electron chi connectivity index (χ1n) is 8.34. The third kappa shape index (κ3) is 5.00. The maximum atomic E-state index is 5.60. The van der Waals surface area contributed by atoms with Crippen molar-refractivity contribution in [3.05, 3.63) is 28.2 Å². The van der Waals surface area contributed by atoms with Gasteiger partial charge in [0.05, 0.1) is 11.1 Å². The van der Waals surface area contributed by atoms with E-state index in [4.69, 9.17) is 4.74 Å². The van der Waals surface area contributed by atoms with E-state index in [0.29, 0.717) is 12.6 Å². The lowest BCUT2D eigenvalue weighted by molar-refractivity contribution is 0.337. The summed E-state index contributed by atoms with van der Waals surface area (Å²) in [6.07, 6.45) is 9.72.